The highest BCUT2D eigenvalue weighted by Crippen LogP contribution is 2.47. The van der Waals surface area contributed by atoms with Crippen LogP contribution >= 0.6 is 0 Å². The fourth-order valence-electron chi connectivity index (χ4n) is 5.78. The van der Waals surface area contributed by atoms with E-state index in [2.05, 4.69) is 25.8 Å². The summed E-state index contributed by atoms with van der Waals surface area (Å²) in [6, 6.07) is 12.6. The average Bonchev–Trinajstić information content (AvgIpc) is 3.66. The van der Waals surface area contributed by atoms with E-state index in [0.717, 1.165) is 32.0 Å². The van der Waals surface area contributed by atoms with E-state index in [1.807, 2.05) is 0 Å². The van der Waals surface area contributed by atoms with E-state index in [4.69, 9.17) is 4.74 Å². The highest BCUT2D eigenvalue weighted by molar-refractivity contribution is 6.16. The van der Waals surface area contributed by atoms with Gasteiger partial charge in [-0.2, -0.15) is 0 Å². The van der Waals surface area contributed by atoms with Crippen LogP contribution in [0.2, 0.25) is 0 Å². The monoisotopic (exact) mass is 604 g/mol. The molecule has 44 heavy (non-hydrogen) atoms. The molecule has 3 heterocycles. The molecular formula is C32H34F2N6O4. The lowest BCUT2D eigenvalue weighted by Crippen LogP contribution is -2.47. The zero-order valence-corrected chi connectivity index (χ0v) is 24.2. The Labute approximate surface area is 253 Å². The number of nitrogens with one attached hydrogen (secondary N) is 3. The van der Waals surface area contributed by atoms with Crippen LogP contribution in [-0.2, 0) is 9.59 Å². The molecule has 0 atom stereocenters. The fourth-order valence-corrected chi connectivity index (χ4v) is 5.78. The van der Waals surface area contributed by atoms with Gasteiger partial charge in [0.15, 0.2) is 11.6 Å². The van der Waals surface area contributed by atoms with Gasteiger partial charge in [-0.25, -0.2) is 18.6 Å². The number of nitrogens with zero attached hydrogens (tertiary/aromatic N) is 3. The second-order valence-corrected chi connectivity index (χ2v) is 11.5. The van der Waals surface area contributed by atoms with E-state index in [1.165, 1.54) is 61.5 Å². The molecule has 2 aromatic carbocycles. The van der Waals surface area contributed by atoms with Crippen LogP contribution in [0.1, 0.15) is 38.5 Å². The largest absolute Gasteiger partial charge is 0.454 e. The van der Waals surface area contributed by atoms with Crippen molar-refractivity contribution in [2.45, 2.75) is 44.6 Å². The van der Waals surface area contributed by atoms with E-state index >= 15 is 0 Å². The number of carbonyl (C=O) groups is 3. The molecule has 3 fully saturated rings. The zero-order valence-electron chi connectivity index (χ0n) is 24.2. The van der Waals surface area contributed by atoms with Crippen molar-refractivity contribution in [3.8, 4) is 11.5 Å². The van der Waals surface area contributed by atoms with E-state index in [-0.39, 0.29) is 29.0 Å². The van der Waals surface area contributed by atoms with Gasteiger partial charge in [0, 0.05) is 48.8 Å². The Morgan fingerprint density at radius 3 is 2.14 bits per heavy atom. The third-order valence-electron chi connectivity index (χ3n) is 8.51. The Balaban J connectivity index is 1.02. The number of anilines is 3. The Hall–Kier alpha value is -4.58. The first-order chi connectivity index (χ1) is 21.3. The molecule has 0 bridgehead atoms. The van der Waals surface area contributed by atoms with Crippen molar-refractivity contribution in [3.63, 3.8) is 0 Å². The summed E-state index contributed by atoms with van der Waals surface area (Å²) in [6.45, 7) is 3.64. The SMILES string of the molecule is O=C(Nc1cc(Oc2ccc(NC(=O)C3(C(=O)Nc4ccc(F)cc4)CC3)cc2F)ccn1)N1CCC(N2CCCC2)CC1. The quantitative estimate of drug-likeness (QED) is 0.288. The van der Waals surface area contributed by atoms with Gasteiger partial charge in [0.2, 0.25) is 11.8 Å². The molecule has 6 rings (SSSR count). The van der Waals surface area contributed by atoms with Crippen LogP contribution in [0.3, 0.4) is 0 Å². The van der Waals surface area contributed by atoms with E-state index in [9.17, 15) is 23.2 Å². The minimum absolute atomic E-state index is 0.0920. The number of amides is 4. The van der Waals surface area contributed by atoms with Crippen LogP contribution in [0, 0.1) is 17.0 Å². The Kier molecular flexibility index (Phi) is 8.42. The number of likely N-dealkylation sites (tertiary alicyclic amines) is 2. The number of aromatic nitrogens is 1. The van der Waals surface area contributed by atoms with Gasteiger partial charge < -0.3 is 25.2 Å². The smallest absolute Gasteiger partial charge is 0.323 e. The number of ether oxygens (including phenoxy) is 1. The third kappa shape index (κ3) is 6.65. The molecule has 4 amide bonds. The molecule has 0 unspecified atom stereocenters. The molecule has 1 saturated carbocycles. The van der Waals surface area contributed by atoms with Crippen LogP contribution in [-0.4, -0.2) is 64.9 Å². The van der Waals surface area contributed by atoms with E-state index < -0.39 is 28.9 Å². The van der Waals surface area contributed by atoms with Gasteiger partial charge in [0.05, 0.1) is 0 Å². The molecule has 0 radical (unpaired) electrons. The number of halogens is 2. The van der Waals surface area contributed by atoms with Crippen molar-refractivity contribution >= 4 is 35.0 Å². The van der Waals surface area contributed by atoms with Gasteiger partial charge in [-0.15, -0.1) is 0 Å². The number of piperidine rings is 1. The molecular weight excluding hydrogens is 570 g/mol. The Morgan fingerprint density at radius 2 is 1.48 bits per heavy atom. The maximum atomic E-state index is 15.0. The number of hydrogen-bond acceptors (Lipinski definition) is 6. The van der Waals surface area contributed by atoms with E-state index in [0.29, 0.717) is 37.7 Å². The molecule has 1 aromatic heterocycles. The molecule has 3 N–H and O–H groups in total. The highest BCUT2D eigenvalue weighted by atomic mass is 19.1. The van der Waals surface area contributed by atoms with Crippen molar-refractivity contribution < 1.29 is 27.9 Å². The van der Waals surface area contributed by atoms with Crippen LogP contribution in [0.25, 0.3) is 0 Å². The minimum atomic E-state index is -1.28. The molecule has 2 aliphatic heterocycles. The van der Waals surface area contributed by atoms with Gasteiger partial charge >= 0.3 is 6.03 Å². The normalized spacial score (nSPS) is 18.0. The van der Waals surface area contributed by atoms with Gasteiger partial charge in [0.25, 0.3) is 0 Å². The fraction of sp³-hybridized carbons (Fsp3) is 0.375. The second-order valence-electron chi connectivity index (χ2n) is 11.5. The number of pyridine rings is 1. The van der Waals surface area contributed by atoms with Gasteiger partial charge in [-0.1, -0.05) is 0 Å². The second kappa shape index (κ2) is 12.6. The lowest BCUT2D eigenvalue weighted by atomic mass is 10.0. The molecule has 3 aliphatic rings. The summed E-state index contributed by atoms with van der Waals surface area (Å²) in [5, 5.41) is 8.06. The zero-order chi connectivity index (χ0) is 30.7. The standard InChI is InChI=1S/C32H34F2N6O4/c33-21-3-5-22(6-4-21)36-29(41)32(12-13-32)30(42)37-23-7-8-27(26(34)19-23)44-25-9-14-35-28(20-25)38-31(43)40-17-10-24(11-18-40)39-15-1-2-16-39/h3-9,14,19-20,24H,1-2,10-13,15-18H2,(H,36,41)(H,37,42)(H,35,38,43). The maximum Gasteiger partial charge on any atom is 0.323 e. The highest BCUT2D eigenvalue weighted by Gasteiger charge is 2.56. The Bertz CT molecular complexity index is 1530. The summed E-state index contributed by atoms with van der Waals surface area (Å²) < 4.78 is 33.9. The number of benzene rings is 2. The molecule has 1 aliphatic carbocycles. The molecule has 230 valence electrons. The first-order valence-electron chi connectivity index (χ1n) is 14.9. The van der Waals surface area contributed by atoms with Crippen LogP contribution in [0.15, 0.2) is 60.8 Å². The van der Waals surface area contributed by atoms with Crippen molar-refractivity contribution in [3.05, 3.63) is 72.4 Å². The van der Waals surface area contributed by atoms with Crippen LogP contribution in [0.4, 0.5) is 30.8 Å². The first kappa shape index (κ1) is 29.5. The van der Waals surface area contributed by atoms with Crippen molar-refractivity contribution in [2.24, 2.45) is 5.41 Å². The number of hydrogen-bond donors (Lipinski definition) is 3. The Morgan fingerprint density at radius 1 is 0.818 bits per heavy atom. The summed E-state index contributed by atoms with van der Waals surface area (Å²) in [4.78, 5) is 47.1. The third-order valence-corrected chi connectivity index (χ3v) is 8.51. The van der Waals surface area contributed by atoms with Crippen molar-refractivity contribution in [2.75, 3.05) is 42.1 Å². The summed E-state index contributed by atoms with van der Waals surface area (Å²) >= 11 is 0. The predicted molar refractivity (Wildman–Crippen MR) is 160 cm³/mol. The van der Waals surface area contributed by atoms with Crippen molar-refractivity contribution in [1.82, 2.24) is 14.8 Å². The minimum Gasteiger partial charge on any atom is -0.454 e. The molecule has 10 nitrogen and oxygen atoms in total. The topological polar surface area (TPSA) is 116 Å². The first-order valence-corrected chi connectivity index (χ1v) is 14.9. The number of rotatable bonds is 8. The molecule has 3 aromatic rings. The van der Waals surface area contributed by atoms with Crippen LogP contribution < -0.4 is 20.7 Å². The summed E-state index contributed by atoms with van der Waals surface area (Å²) in [6.07, 6.45) is 6.53. The van der Waals surface area contributed by atoms with Gasteiger partial charge in [-0.3, -0.25) is 14.9 Å². The lowest BCUT2D eigenvalue weighted by Gasteiger charge is -2.36. The molecule has 0 spiro atoms. The van der Waals surface area contributed by atoms with Crippen LogP contribution in [0.5, 0.6) is 11.5 Å². The summed E-state index contributed by atoms with van der Waals surface area (Å²) in [5.41, 5.74) is -0.738. The average molecular weight is 605 g/mol. The lowest BCUT2D eigenvalue weighted by molar-refractivity contribution is -0.131. The van der Waals surface area contributed by atoms with E-state index in [1.54, 1.807) is 11.0 Å². The number of carbonyl (C=O) groups excluding carboxylic acids is 3. The molecule has 12 heteroatoms. The summed E-state index contributed by atoms with van der Waals surface area (Å²) in [5.74, 6) is -1.77. The predicted octanol–water partition coefficient (Wildman–Crippen LogP) is 5.60. The summed E-state index contributed by atoms with van der Waals surface area (Å²) in [7, 11) is 0. The van der Waals surface area contributed by atoms with Gasteiger partial charge in [0.1, 0.15) is 22.8 Å². The van der Waals surface area contributed by atoms with Gasteiger partial charge in [-0.05, 0) is 94.1 Å². The maximum absolute atomic E-state index is 15.0. The number of urea groups is 1. The molecule has 2 saturated heterocycles. The van der Waals surface area contributed by atoms with Crippen molar-refractivity contribution in [1.29, 1.82) is 0 Å².